The number of benzene rings is 4. The van der Waals surface area contributed by atoms with Gasteiger partial charge in [-0.15, -0.1) is 0 Å². The molecule has 0 spiro atoms. The zero-order valence-corrected chi connectivity index (χ0v) is 20.3. The second-order valence-electron chi connectivity index (χ2n) is 8.04. The zero-order chi connectivity index (χ0) is 25.5. The molecule has 9 heteroatoms. The Morgan fingerprint density at radius 2 is 1.72 bits per heavy atom. The molecule has 0 heterocycles. The van der Waals surface area contributed by atoms with Gasteiger partial charge in [0.1, 0.15) is 24.7 Å². The molecule has 0 bridgehead atoms. The van der Waals surface area contributed by atoms with E-state index in [2.05, 4.69) is 28.7 Å². The molecule has 0 saturated carbocycles. The molecule has 0 atom stereocenters. The summed E-state index contributed by atoms with van der Waals surface area (Å²) < 4.78 is 44.4. The first-order chi connectivity index (χ1) is 17.3. The summed E-state index contributed by atoms with van der Waals surface area (Å²) in [6.07, 6.45) is 2.37. The van der Waals surface area contributed by atoms with E-state index < -0.39 is 28.3 Å². The van der Waals surface area contributed by atoms with Crippen molar-refractivity contribution < 1.29 is 22.3 Å². The van der Waals surface area contributed by atoms with Gasteiger partial charge in [0.25, 0.3) is 5.91 Å². The highest BCUT2D eigenvalue weighted by Crippen LogP contribution is 2.21. The number of carbonyl (C=O) groups is 1. The molecule has 4 aromatic rings. The molecule has 4 rings (SSSR count). The first kappa shape index (κ1) is 24.9. The Bertz CT molecular complexity index is 1500. The maximum Gasteiger partial charge on any atom is 0.260 e. The number of carbonyl (C=O) groups excluding carboxylic acids is 1. The van der Waals surface area contributed by atoms with E-state index >= 15 is 0 Å². The van der Waals surface area contributed by atoms with Crippen LogP contribution in [0, 0.1) is 5.82 Å². The molecule has 4 aromatic carbocycles. The summed E-state index contributed by atoms with van der Waals surface area (Å²) in [5.41, 5.74) is 4.14. The first-order valence-corrected chi connectivity index (χ1v) is 12.9. The molecular weight excluding hydrogens is 481 g/mol. The number of halogens is 1. The predicted octanol–water partition coefficient (Wildman–Crippen LogP) is 4.47. The second kappa shape index (κ2) is 11.0. The highest BCUT2D eigenvalue weighted by atomic mass is 32.2. The van der Waals surface area contributed by atoms with Gasteiger partial charge in [-0.1, -0.05) is 48.5 Å². The van der Waals surface area contributed by atoms with E-state index in [9.17, 15) is 17.6 Å². The number of ether oxygens (including phenoxy) is 1. The Morgan fingerprint density at radius 3 is 2.47 bits per heavy atom. The van der Waals surface area contributed by atoms with E-state index in [0.717, 1.165) is 33.0 Å². The van der Waals surface area contributed by atoms with E-state index in [1.54, 1.807) is 24.3 Å². The molecule has 1 amide bonds. The van der Waals surface area contributed by atoms with Crippen LogP contribution in [0.4, 0.5) is 10.1 Å². The van der Waals surface area contributed by atoms with Crippen LogP contribution in [0.3, 0.4) is 0 Å². The minimum Gasteiger partial charge on any atom is -0.489 e. The molecule has 0 aliphatic rings. The fraction of sp³-hybridized carbons (Fsp3) is 0.111. The first-order valence-electron chi connectivity index (χ1n) is 11.0. The number of fused-ring (bicyclic) bond motifs is 1. The number of hydrogen-bond donors (Lipinski definition) is 1. The summed E-state index contributed by atoms with van der Waals surface area (Å²) in [4.78, 5) is 12.3. The summed E-state index contributed by atoms with van der Waals surface area (Å²) in [6.45, 7) is -0.117. The molecule has 0 radical (unpaired) electrons. The number of rotatable bonds is 9. The minimum absolute atomic E-state index is 0.0516. The predicted molar refractivity (Wildman–Crippen MR) is 139 cm³/mol. The molecular formula is C27H24FN3O4S. The average Bonchev–Trinajstić information content (AvgIpc) is 2.86. The molecule has 0 aliphatic heterocycles. The van der Waals surface area contributed by atoms with Crippen LogP contribution in [-0.2, 0) is 21.4 Å². The van der Waals surface area contributed by atoms with Gasteiger partial charge in [0.2, 0.25) is 10.0 Å². The zero-order valence-electron chi connectivity index (χ0n) is 19.5. The lowest BCUT2D eigenvalue weighted by atomic mass is 10.1. The van der Waals surface area contributed by atoms with Crippen LogP contribution in [0.25, 0.3) is 10.8 Å². The van der Waals surface area contributed by atoms with Gasteiger partial charge in [0.05, 0.1) is 18.2 Å². The van der Waals surface area contributed by atoms with E-state index in [-0.39, 0.29) is 5.69 Å². The van der Waals surface area contributed by atoms with Gasteiger partial charge in [0, 0.05) is 0 Å². The lowest BCUT2D eigenvalue weighted by Gasteiger charge is -2.21. The van der Waals surface area contributed by atoms with Crippen LogP contribution in [-0.4, -0.2) is 33.3 Å². The number of amides is 1. The molecule has 184 valence electrons. The van der Waals surface area contributed by atoms with Gasteiger partial charge in [0.15, 0.2) is 0 Å². The van der Waals surface area contributed by atoms with Crippen molar-refractivity contribution in [3.05, 3.63) is 108 Å². The van der Waals surface area contributed by atoms with Crippen molar-refractivity contribution in [3.63, 3.8) is 0 Å². The van der Waals surface area contributed by atoms with Gasteiger partial charge in [-0.05, 0) is 64.4 Å². The fourth-order valence-electron chi connectivity index (χ4n) is 3.61. The Hall–Kier alpha value is -4.24. The van der Waals surface area contributed by atoms with Crippen LogP contribution in [0.2, 0.25) is 0 Å². The summed E-state index contributed by atoms with van der Waals surface area (Å²) in [7, 11) is -3.81. The molecule has 7 nitrogen and oxygen atoms in total. The summed E-state index contributed by atoms with van der Waals surface area (Å²) in [6, 6.07) is 26.4. The van der Waals surface area contributed by atoms with Gasteiger partial charge in [-0.2, -0.15) is 5.10 Å². The molecule has 1 N–H and O–H groups in total. The van der Waals surface area contributed by atoms with Crippen molar-refractivity contribution in [2.45, 2.75) is 6.61 Å². The Labute approximate surface area is 208 Å². The van der Waals surface area contributed by atoms with Crippen molar-refractivity contribution in [2.75, 3.05) is 17.1 Å². The highest BCUT2D eigenvalue weighted by molar-refractivity contribution is 7.92. The van der Waals surface area contributed by atoms with Crippen molar-refractivity contribution in [1.82, 2.24) is 5.43 Å². The summed E-state index contributed by atoms with van der Waals surface area (Å²) in [5.74, 6) is -0.594. The number of sulfonamides is 1. The van der Waals surface area contributed by atoms with E-state index in [1.165, 1.54) is 24.4 Å². The van der Waals surface area contributed by atoms with Crippen molar-refractivity contribution in [1.29, 1.82) is 0 Å². The van der Waals surface area contributed by atoms with E-state index in [0.29, 0.717) is 17.9 Å². The third kappa shape index (κ3) is 6.45. The maximum absolute atomic E-state index is 13.5. The summed E-state index contributed by atoms with van der Waals surface area (Å²) in [5, 5.41) is 6.18. The number of anilines is 1. The molecule has 36 heavy (non-hydrogen) atoms. The molecule has 0 aliphatic carbocycles. The normalized spacial score (nSPS) is 11.5. The monoisotopic (exact) mass is 505 g/mol. The SMILES string of the molecule is CS(=O)(=O)N(CC(=O)N/N=C\c1ccc(OCc2cccc3ccccc23)cc1)c1cccc(F)c1. The standard InChI is InChI=1S/C27H24FN3O4S/c1-36(33,34)31(24-10-5-9-23(28)16-24)18-27(32)30-29-17-20-12-14-25(15-13-20)35-19-22-8-4-7-21-6-2-3-11-26(21)22/h2-17H,18-19H2,1H3,(H,30,32)/b29-17-. The topological polar surface area (TPSA) is 88.1 Å². The minimum atomic E-state index is -3.81. The molecule has 0 fully saturated rings. The van der Waals surface area contributed by atoms with E-state index in [4.69, 9.17) is 4.74 Å². The molecule has 0 aromatic heterocycles. The Kier molecular flexibility index (Phi) is 7.60. The number of hydrazone groups is 1. The van der Waals surface area contributed by atoms with Crippen molar-refractivity contribution in [2.24, 2.45) is 5.10 Å². The van der Waals surface area contributed by atoms with Crippen molar-refractivity contribution in [3.8, 4) is 5.75 Å². The van der Waals surface area contributed by atoms with Gasteiger partial charge in [-0.25, -0.2) is 18.2 Å². The maximum atomic E-state index is 13.5. The smallest absolute Gasteiger partial charge is 0.260 e. The Balaban J connectivity index is 1.33. The average molecular weight is 506 g/mol. The second-order valence-corrected chi connectivity index (χ2v) is 9.95. The quantitative estimate of drug-likeness (QED) is 0.269. The van der Waals surface area contributed by atoms with Crippen molar-refractivity contribution >= 4 is 38.6 Å². The third-order valence-corrected chi connectivity index (χ3v) is 6.48. The lowest BCUT2D eigenvalue weighted by molar-refractivity contribution is -0.119. The Morgan fingerprint density at radius 1 is 1.00 bits per heavy atom. The largest absolute Gasteiger partial charge is 0.489 e. The van der Waals surface area contributed by atoms with Crippen LogP contribution in [0.15, 0.2) is 96.1 Å². The number of nitrogens with one attached hydrogen (secondary N) is 1. The van der Waals surface area contributed by atoms with E-state index in [1.807, 2.05) is 24.3 Å². The highest BCUT2D eigenvalue weighted by Gasteiger charge is 2.21. The van der Waals surface area contributed by atoms with Gasteiger partial charge < -0.3 is 4.74 Å². The molecule has 0 unspecified atom stereocenters. The van der Waals surface area contributed by atoms with Crippen LogP contribution >= 0.6 is 0 Å². The van der Waals surface area contributed by atoms with Gasteiger partial charge >= 0.3 is 0 Å². The van der Waals surface area contributed by atoms with Crippen LogP contribution in [0.1, 0.15) is 11.1 Å². The fourth-order valence-corrected chi connectivity index (χ4v) is 4.45. The lowest BCUT2D eigenvalue weighted by Crippen LogP contribution is -2.39. The summed E-state index contributed by atoms with van der Waals surface area (Å²) >= 11 is 0. The molecule has 0 saturated heterocycles. The number of hydrogen-bond acceptors (Lipinski definition) is 5. The number of nitrogens with zero attached hydrogens (tertiary/aromatic N) is 2. The third-order valence-electron chi connectivity index (χ3n) is 5.34. The van der Waals surface area contributed by atoms with Gasteiger partial charge in [-0.3, -0.25) is 9.10 Å². The van der Waals surface area contributed by atoms with Crippen LogP contribution < -0.4 is 14.5 Å². The van der Waals surface area contributed by atoms with Crippen LogP contribution in [0.5, 0.6) is 5.75 Å².